The van der Waals surface area contributed by atoms with Crippen LogP contribution in [-0.2, 0) is 11.2 Å². The number of nitrogens with zero attached hydrogens (tertiary/aromatic N) is 1. The van der Waals surface area contributed by atoms with Crippen molar-refractivity contribution in [1.29, 1.82) is 0 Å². The van der Waals surface area contributed by atoms with E-state index in [0.29, 0.717) is 5.75 Å². The van der Waals surface area contributed by atoms with Crippen molar-refractivity contribution in [3.8, 4) is 5.75 Å². The lowest BCUT2D eigenvalue weighted by Crippen LogP contribution is -2.41. The van der Waals surface area contributed by atoms with Gasteiger partial charge in [0.25, 0.3) is 5.91 Å². The van der Waals surface area contributed by atoms with Gasteiger partial charge in [0.2, 0.25) is 0 Å². The van der Waals surface area contributed by atoms with E-state index in [4.69, 9.17) is 4.74 Å². The van der Waals surface area contributed by atoms with E-state index in [0.717, 1.165) is 23.9 Å². The SMILES string of the molecule is CC[C@@H]1c2ccsc2CCN1C(=O)COc1cccc(Br)c1. The monoisotopic (exact) mass is 379 g/mol. The molecule has 1 aliphatic rings. The lowest BCUT2D eigenvalue weighted by Gasteiger charge is -2.35. The summed E-state index contributed by atoms with van der Waals surface area (Å²) in [7, 11) is 0. The van der Waals surface area contributed by atoms with Crippen LogP contribution in [0.15, 0.2) is 40.2 Å². The topological polar surface area (TPSA) is 29.5 Å². The van der Waals surface area contributed by atoms with Gasteiger partial charge in [-0.25, -0.2) is 0 Å². The van der Waals surface area contributed by atoms with Gasteiger partial charge in [-0.1, -0.05) is 28.9 Å². The zero-order chi connectivity index (χ0) is 15.5. The molecule has 3 rings (SSSR count). The fraction of sp³-hybridized carbons (Fsp3) is 0.353. The summed E-state index contributed by atoms with van der Waals surface area (Å²) in [6.07, 6.45) is 1.89. The van der Waals surface area contributed by atoms with Crippen molar-refractivity contribution in [3.63, 3.8) is 0 Å². The van der Waals surface area contributed by atoms with Gasteiger partial charge in [-0.05, 0) is 48.1 Å². The molecule has 3 nitrogen and oxygen atoms in total. The Bertz CT molecular complexity index is 670. The minimum Gasteiger partial charge on any atom is -0.484 e. The Morgan fingerprint density at radius 2 is 2.32 bits per heavy atom. The molecule has 0 saturated carbocycles. The lowest BCUT2D eigenvalue weighted by atomic mass is 9.98. The number of amides is 1. The number of ether oxygens (including phenoxy) is 1. The molecule has 1 aromatic heterocycles. The number of hydrogen-bond donors (Lipinski definition) is 0. The molecular formula is C17H18BrNO2S. The largest absolute Gasteiger partial charge is 0.484 e. The summed E-state index contributed by atoms with van der Waals surface area (Å²) in [5, 5.41) is 2.12. The second kappa shape index (κ2) is 6.84. The van der Waals surface area contributed by atoms with Crippen molar-refractivity contribution in [3.05, 3.63) is 50.6 Å². The Balaban J connectivity index is 1.67. The molecular weight excluding hydrogens is 362 g/mol. The molecule has 2 aromatic rings. The first-order chi connectivity index (χ1) is 10.7. The average molecular weight is 380 g/mol. The Labute approximate surface area is 143 Å². The number of hydrogen-bond acceptors (Lipinski definition) is 3. The number of carbonyl (C=O) groups is 1. The number of halogens is 1. The first-order valence-electron chi connectivity index (χ1n) is 7.43. The summed E-state index contributed by atoms with van der Waals surface area (Å²) in [5.74, 6) is 0.771. The van der Waals surface area contributed by atoms with Crippen LogP contribution in [-0.4, -0.2) is 24.0 Å². The summed E-state index contributed by atoms with van der Waals surface area (Å²) in [6.45, 7) is 3.01. The molecule has 1 atom stereocenters. The Hall–Kier alpha value is -1.33. The maximum absolute atomic E-state index is 12.5. The van der Waals surface area contributed by atoms with Crippen LogP contribution in [0.4, 0.5) is 0 Å². The maximum Gasteiger partial charge on any atom is 0.261 e. The fourth-order valence-electron chi connectivity index (χ4n) is 2.92. The summed E-state index contributed by atoms with van der Waals surface area (Å²) >= 11 is 5.20. The predicted octanol–water partition coefficient (Wildman–Crippen LogP) is 4.43. The van der Waals surface area contributed by atoms with Gasteiger partial charge in [0.1, 0.15) is 5.75 Å². The van der Waals surface area contributed by atoms with E-state index in [1.165, 1.54) is 10.4 Å². The van der Waals surface area contributed by atoms with Gasteiger partial charge in [-0.15, -0.1) is 11.3 Å². The third-order valence-electron chi connectivity index (χ3n) is 3.96. The quantitative estimate of drug-likeness (QED) is 0.786. The molecule has 2 heterocycles. The van der Waals surface area contributed by atoms with Gasteiger partial charge in [0.05, 0.1) is 6.04 Å². The van der Waals surface area contributed by atoms with Crippen LogP contribution in [0.25, 0.3) is 0 Å². The highest BCUT2D eigenvalue weighted by Crippen LogP contribution is 2.35. The third kappa shape index (κ3) is 3.20. The number of rotatable bonds is 4. The zero-order valence-electron chi connectivity index (χ0n) is 12.4. The van der Waals surface area contributed by atoms with E-state index in [9.17, 15) is 4.79 Å². The Morgan fingerprint density at radius 1 is 1.45 bits per heavy atom. The van der Waals surface area contributed by atoms with E-state index in [2.05, 4.69) is 34.3 Å². The highest BCUT2D eigenvalue weighted by Gasteiger charge is 2.30. The molecule has 1 aromatic carbocycles. The predicted molar refractivity (Wildman–Crippen MR) is 92.4 cm³/mol. The maximum atomic E-state index is 12.5. The summed E-state index contributed by atoms with van der Waals surface area (Å²) < 4.78 is 6.59. The van der Waals surface area contributed by atoms with Gasteiger partial charge in [-0.3, -0.25) is 4.79 Å². The molecule has 1 aliphatic heterocycles. The molecule has 0 bridgehead atoms. The molecule has 0 unspecified atom stereocenters. The molecule has 0 spiro atoms. The van der Waals surface area contributed by atoms with Gasteiger partial charge < -0.3 is 9.64 Å². The number of thiophene rings is 1. The second-order valence-electron chi connectivity index (χ2n) is 5.31. The van der Waals surface area contributed by atoms with Gasteiger partial charge in [0, 0.05) is 15.9 Å². The van der Waals surface area contributed by atoms with Gasteiger partial charge in [0.15, 0.2) is 6.61 Å². The van der Waals surface area contributed by atoms with Crippen molar-refractivity contribution in [2.24, 2.45) is 0 Å². The zero-order valence-corrected chi connectivity index (χ0v) is 14.8. The molecule has 22 heavy (non-hydrogen) atoms. The highest BCUT2D eigenvalue weighted by molar-refractivity contribution is 9.10. The Morgan fingerprint density at radius 3 is 3.09 bits per heavy atom. The van der Waals surface area contributed by atoms with Crippen LogP contribution >= 0.6 is 27.3 Å². The van der Waals surface area contributed by atoms with E-state index >= 15 is 0 Å². The van der Waals surface area contributed by atoms with Crippen molar-refractivity contribution in [1.82, 2.24) is 4.90 Å². The van der Waals surface area contributed by atoms with Crippen molar-refractivity contribution < 1.29 is 9.53 Å². The molecule has 1 amide bonds. The summed E-state index contributed by atoms with van der Waals surface area (Å²) in [5.41, 5.74) is 1.31. The molecule has 0 radical (unpaired) electrons. The first kappa shape index (κ1) is 15.6. The highest BCUT2D eigenvalue weighted by atomic mass is 79.9. The van der Waals surface area contributed by atoms with Crippen molar-refractivity contribution in [2.45, 2.75) is 25.8 Å². The number of carbonyl (C=O) groups excluding carboxylic acids is 1. The van der Waals surface area contributed by atoms with Crippen molar-refractivity contribution >= 4 is 33.2 Å². The van der Waals surface area contributed by atoms with E-state index < -0.39 is 0 Å². The third-order valence-corrected chi connectivity index (χ3v) is 5.45. The molecule has 0 aliphatic carbocycles. The van der Waals surface area contributed by atoms with Crippen LogP contribution in [0.2, 0.25) is 0 Å². The molecule has 0 N–H and O–H groups in total. The number of fused-ring (bicyclic) bond motifs is 1. The van der Waals surface area contributed by atoms with Crippen LogP contribution in [0.1, 0.15) is 29.8 Å². The normalized spacial score (nSPS) is 17.2. The standard InChI is InChI=1S/C17H18BrNO2S/c1-2-15-14-7-9-22-16(14)6-8-19(15)17(20)11-21-13-5-3-4-12(18)10-13/h3-5,7,9-10,15H,2,6,8,11H2,1H3/t15-/m1/s1. The molecule has 0 saturated heterocycles. The van der Waals surface area contributed by atoms with Crippen molar-refractivity contribution in [2.75, 3.05) is 13.2 Å². The summed E-state index contributed by atoms with van der Waals surface area (Å²) in [6, 6.07) is 9.92. The smallest absolute Gasteiger partial charge is 0.261 e. The van der Waals surface area contributed by atoms with Gasteiger partial charge >= 0.3 is 0 Å². The lowest BCUT2D eigenvalue weighted by molar-refractivity contribution is -0.136. The van der Waals surface area contributed by atoms with Crippen LogP contribution in [0.5, 0.6) is 5.75 Å². The summed E-state index contributed by atoms with van der Waals surface area (Å²) in [4.78, 5) is 15.9. The van der Waals surface area contributed by atoms with Crippen LogP contribution < -0.4 is 4.74 Å². The van der Waals surface area contributed by atoms with Crippen LogP contribution in [0, 0.1) is 0 Å². The molecule has 5 heteroatoms. The van der Waals surface area contributed by atoms with E-state index in [1.54, 1.807) is 11.3 Å². The second-order valence-corrected chi connectivity index (χ2v) is 7.22. The van der Waals surface area contributed by atoms with Crippen LogP contribution in [0.3, 0.4) is 0 Å². The van der Waals surface area contributed by atoms with E-state index in [-0.39, 0.29) is 18.6 Å². The van der Waals surface area contributed by atoms with E-state index in [1.807, 2.05) is 29.2 Å². The molecule has 116 valence electrons. The average Bonchev–Trinajstić information content (AvgIpc) is 3.00. The minimum absolute atomic E-state index is 0.0590. The fourth-order valence-corrected chi connectivity index (χ4v) is 4.23. The molecule has 0 fully saturated rings. The number of benzene rings is 1. The Kier molecular flexibility index (Phi) is 4.84. The van der Waals surface area contributed by atoms with Gasteiger partial charge in [-0.2, -0.15) is 0 Å². The first-order valence-corrected chi connectivity index (χ1v) is 9.10. The minimum atomic E-state index is 0.0590.